The van der Waals surface area contributed by atoms with Crippen molar-refractivity contribution in [1.82, 2.24) is 19.7 Å². The number of primary amides is 1. The van der Waals surface area contributed by atoms with Crippen LogP contribution in [0.25, 0.3) is 22.0 Å². The van der Waals surface area contributed by atoms with Crippen molar-refractivity contribution in [3.05, 3.63) is 112 Å². The van der Waals surface area contributed by atoms with Crippen LogP contribution in [-0.4, -0.2) is 62.7 Å². The summed E-state index contributed by atoms with van der Waals surface area (Å²) in [6.07, 6.45) is 5.67. The first kappa shape index (κ1) is 42.6. The lowest BCUT2D eigenvalue weighted by molar-refractivity contribution is -0.114. The van der Waals surface area contributed by atoms with Gasteiger partial charge in [-0.05, 0) is 65.4 Å². The largest absolute Gasteiger partial charge is 0.377 e. The predicted molar refractivity (Wildman–Crippen MR) is 216 cm³/mol. The highest BCUT2D eigenvalue weighted by atomic mass is 32.2. The molecule has 1 saturated heterocycles. The summed E-state index contributed by atoms with van der Waals surface area (Å²) < 4.78 is 22.3. The number of halogens is 1. The van der Waals surface area contributed by atoms with E-state index in [9.17, 15) is 14.4 Å². The third kappa shape index (κ3) is 10.9. The number of allylic oxidation sites excluding steroid dienone is 2. The van der Waals surface area contributed by atoms with Crippen molar-refractivity contribution in [1.29, 1.82) is 0 Å². The van der Waals surface area contributed by atoms with Gasteiger partial charge < -0.3 is 20.7 Å². The van der Waals surface area contributed by atoms with Gasteiger partial charge >= 0.3 is 0 Å². The molecule has 5 rings (SSSR count). The van der Waals surface area contributed by atoms with Crippen LogP contribution in [-0.2, 0) is 21.6 Å². The molecule has 0 saturated carbocycles. The Morgan fingerprint density at radius 3 is 2.34 bits per heavy atom. The summed E-state index contributed by atoms with van der Waals surface area (Å²) >= 11 is 1.82. The van der Waals surface area contributed by atoms with Crippen LogP contribution < -0.4 is 16.6 Å². The maximum Gasteiger partial charge on any atom is 0.282 e. The van der Waals surface area contributed by atoms with E-state index in [-0.39, 0.29) is 29.0 Å². The number of carbonyl (C=O) groups is 2. The fourth-order valence-corrected chi connectivity index (χ4v) is 6.27. The summed E-state index contributed by atoms with van der Waals surface area (Å²) in [5.41, 5.74) is 7.89. The molecule has 1 fully saturated rings. The van der Waals surface area contributed by atoms with Crippen LogP contribution in [0.2, 0.25) is 0 Å². The van der Waals surface area contributed by atoms with Gasteiger partial charge in [-0.15, -0.1) is 0 Å². The number of hydrogen-bond donors (Lipinski definition) is 2. The van der Waals surface area contributed by atoms with E-state index in [0.29, 0.717) is 58.9 Å². The minimum atomic E-state index is -0.760. The number of benzene rings is 2. The average molecular weight is 745 g/mol. The molecular weight excluding hydrogens is 692 g/mol. The predicted octanol–water partition coefficient (Wildman–Crippen LogP) is 7.88. The highest BCUT2D eigenvalue weighted by molar-refractivity contribution is 7.99. The van der Waals surface area contributed by atoms with Crippen LogP contribution in [0.5, 0.6) is 0 Å². The normalized spacial score (nSPS) is 13.0. The molecule has 0 bridgehead atoms. The third-order valence-electron chi connectivity index (χ3n) is 8.04. The van der Waals surface area contributed by atoms with Gasteiger partial charge in [0.1, 0.15) is 17.3 Å². The quantitative estimate of drug-likeness (QED) is 0.124. The molecule has 1 aliphatic heterocycles. The lowest BCUT2D eigenvalue weighted by atomic mass is 9.86. The van der Waals surface area contributed by atoms with Crippen molar-refractivity contribution < 1.29 is 18.7 Å². The van der Waals surface area contributed by atoms with E-state index in [2.05, 4.69) is 35.8 Å². The minimum Gasteiger partial charge on any atom is -0.377 e. The van der Waals surface area contributed by atoms with Gasteiger partial charge in [-0.25, -0.2) is 9.37 Å². The van der Waals surface area contributed by atoms with Gasteiger partial charge in [-0.2, -0.15) is 21.5 Å². The van der Waals surface area contributed by atoms with Crippen LogP contribution >= 0.6 is 11.8 Å². The molecule has 2 amide bonds. The van der Waals surface area contributed by atoms with Crippen molar-refractivity contribution in [3.8, 4) is 5.69 Å². The molecule has 0 atom stereocenters. The Morgan fingerprint density at radius 1 is 1.08 bits per heavy atom. The standard InChI is InChI=1S/C36H39FN6O4S.C3H8.C2H6/c1-6-47-21-27-26(8-7-9-30(27)43-35(46)32-24(20-40-43)17-25(18-28(32)37)36(3,4)5)22(2)16-29(33(38)44)41-31-11-10-23(19-39-31)34(45)42-12-14-48-15-13-42;1-3-2;1-2/h7-11,16-20H,2,6,12-15,21H2,1,3-5H3,(H2,38,44)(H,39,41);3H2,1-2H3;1-2H3/b29-16+;;. The van der Waals surface area contributed by atoms with Gasteiger partial charge in [-0.1, -0.05) is 73.6 Å². The number of anilines is 1. The maximum absolute atomic E-state index is 15.4. The molecule has 0 spiro atoms. The number of thioether (sulfide) groups is 1. The molecular formula is C41H53FN6O4S. The summed E-state index contributed by atoms with van der Waals surface area (Å²) in [5.74, 6) is 0.637. The fourth-order valence-electron chi connectivity index (χ4n) is 5.37. The summed E-state index contributed by atoms with van der Waals surface area (Å²) in [5, 5.41) is 7.69. The van der Waals surface area contributed by atoms with Gasteiger partial charge in [0, 0.05) is 48.3 Å². The summed E-state index contributed by atoms with van der Waals surface area (Å²) in [6, 6.07) is 11.6. The highest BCUT2D eigenvalue weighted by Gasteiger charge is 2.22. The number of carbonyl (C=O) groups excluding carboxylic acids is 2. The molecule has 0 aliphatic carbocycles. The first-order chi connectivity index (χ1) is 25.3. The van der Waals surface area contributed by atoms with Crippen molar-refractivity contribution >= 4 is 45.7 Å². The number of pyridine rings is 1. The molecule has 0 unspecified atom stereocenters. The number of nitrogens with one attached hydrogen (secondary N) is 1. The molecule has 12 heteroatoms. The van der Waals surface area contributed by atoms with Crippen molar-refractivity contribution in [3.63, 3.8) is 0 Å². The van der Waals surface area contributed by atoms with E-state index in [1.165, 1.54) is 31.0 Å². The Balaban J connectivity index is 0.00000144. The van der Waals surface area contributed by atoms with Crippen LogP contribution in [0.3, 0.4) is 0 Å². The van der Waals surface area contributed by atoms with Crippen LogP contribution in [0.1, 0.15) is 88.9 Å². The second-order valence-electron chi connectivity index (χ2n) is 13.1. The number of amides is 2. The van der Waals surface area contributed by atoms with Gasteiger partial charge in [-0.3, -0.25) is 14.4 Å². The average Bonchev–Trinajstić information content (AvgIpc) is 3.14. The zero-order chi connectivity index (χ0) is 39.3. The maximum atomic E-state index is 15.4. The Hall–Kier alpha value is -4.81. The zero-order valence-electron chi connectivity index (χ0n) is 32.2. The van der Waals surface area contributed by atoms with Crippen LogP contribution in [0.15, 0.2) is 78.0 Å². The topological polar surface area (TPSA) is 132 Å². The number of hydrogen-bond acceptors (Lipinski definition) is 8. The van der Waals surface area contributed by atoms with E-state index in [1.807, 2.05) is 53.3 Å². The molecule has 0 radical (unpaired) electrons. The second-order valence-corrected chi connectivity index (χ2v) is 14.3. The summed E-state index contributed by atoms with van der Waals surface area (Å²) in [7, 11) is 0. The number of rotatable bonds is 10. The number of aromatic nitrogens is 3. The van der Waals surface area contributed by atoms with Crippen molar-refractivity contribution in [2.45, 2.75) is 73.8 Å². The van der Waals surface area contributed by atoms with E-state index in [4.69, 9.17) is 10.5 Å². The Bertz CT molecular complexity index is 1980. The molecule has 10 nitrogen and oxygen atoms in total. The molecule has 284 valence electrons. The van der Waals surface area contributed by atoms with E-state index < -0.39 is 17.3 Å². The number of fused-ring (bicyclic) bond motifs is 1. The lowest BCUT2D eigenvalue weighted by Gasteiger charge is -2.26. The van der Waals surface area contributed by atoms with Crippen molar-refractivity contribution in [2.24, 2.45) is 5.73 Å². The Morgan fingerprint density at radius 2 is 1.75 bits per heavy atom. The Labute approximate surface area is 316 Å². The molecule has 4 aromatic rings. The smallest absolute Gasteiger partial charge is 0.282 e. The highest BCUT2D eigenvalue weighted by Crippen LogP contribution is 2.29. The molecule has 2 aromatic heterocycles. The first-order valence-electron chi connectivity index (χ1n) is 18.0. The molecule has 3 heterocycles. The minimum absolute atomic E-state index is 0.00474. The first-order valence-corrected chi connectivity index (χ1v) is 19.2. The molecule has 1 aliphatic rings. The fraction of sp³-hybridized carbons (Fsp3) is 0.390. The van der Waals surface area contributed by atoms with Gasteiger partial charge in [0.2, 0.25) is 0 Å². The van der Waals surface area contributed by atoms with Gasteiger partial charge in [0.25, 0.3) is 17.4 Å². The van der Waals surface area contributed by atoms with E-state index >= 15 is 4.39 Å². The SMILES string of the molecule is C=C(/C=C(/Nc1ccc(C(=O)N2CCSCC2)cn1)C(N)=O)c1cccc(-n2ncc3cc(C(C)(C)C)cc(F)c3c2=O)c1COCC.CC.CCC. The molecule has 53 heavy (non-hydrogen) atoms. The number of nitrogens with two attached hydrogens (primary N) is 1. The van der Waals surface area contributed by atoms with E-state index in [1.54, 1.807) is 41.3 Å². The summed E-state index contributed by atoms with van der Waals surface area (Å²) in [6.45, 7) is 22.0. The molecule has 2 aromatic carbocycles. The van der Waals surface area contributed by atoms with E-state index in [0.717, 1.165) is 21.8 Å². The molecule has 3 N–H and O–H groups in total. The third-order valence-corrected chi connectivity index (χ3v) is 8.98. The van der Waals surface area contributed by atoms with Crippen LogP contribution in [0.4, 0.5) is 10.2 Å². The zero-order valence-corrected chi connectivity index (χ0v) is 33.0. The monoisotopic (exact) mass is 744 g/mol. The van der Waals surface area contributed by atoms with Gasteiger partial charge in [0.15, 0.2) is 0 Å². The number of nitrogens with zero attached hydrogens (tertiary/aromatic N) is 4. The second kappa shape index (κ2) is 19.9. The lowest BCUT2D eigenvalue weighted by Crippen LogP contribution is -2.37. The van der Waals surface area contributed by atoms with Gasteiger partial charge in [0.05, 0.1) is 29.4 Å². The Kier molecular flexibility index (Phi) is 16.0. The summed E-state index contributed by atoms with van der Waals surface area (Å²) in [4.78, 5) is 45.2. The van der Waals surface area contributed by atoms with Crippen LogP contribution in [0, 0.1) is 5.82 Å². The van der Waals surface area contributed by atoms with Crippen molar-refractivity contribution in [2.75, 3.05) is 36.5 Å². The number of ether oxygens (including phenoxy) is 1.